The summed E-state index contributed by atoms with van der Waals surface area (Å²) < 4.78 is 0. The number of likely N-dealkylation sites (tertiary alicyclic amines) is 1. The largest absolute Gasteiger partial charge is 0.393 e. The minimum Gasteiger partial charge on any atom is -0.393 e. The molecule has 0 aromatic carbocycles. The molecule has 0 aromatic heterocycles. The molecule has 0 bridgehead atoms. The summed E-state index contributed by atoms with van der Waals surface area (Å²) in [4.78, 5) is 14.1. The zero-order chi connectivity index (χ0) is 12.3. The molecule has 0 spiro atoms. The van der Waals surface area contributed by atoms with Crippen molar-refractivity contribution >= 4 is 5.91 Å². The molecule has 1 heterocycles. The van der Waals surface area contributed by atoms with Gasteiger partial charge in [-0.15, -0.1) is 0 Å². The van der Waals surface area contributed by atoms with Crippen molar-refractivity contribution < 1.29 is 9.90 Å². The van der Waals surface area contributed by atoms with E-state index in [1.807, 2.05) is 11.9 Å². The van der Waals surface area contributed by atoms with E-state index in [2.05, 4.69) is 5.32 Å². The van der Waals surface area contributed by atoms with Crippen molar-refractivity contribution in [3.8, 4) is 0 Å². The monoisotopic (exact) mass is 240 g/mol. The number of aliphatic hydroxyl groups excluding tert-OH is 1. The van der Waals surface area contributed by atoms with Crippen molar-refractivity contribution in [2.75, 3.05) is 20.1 Å². The second-order valence-corrected chi connectivity index (χ2v) is 5.45. The fraction of sp³-hybridized carbons (Fsp3) is 0.923. The Labute approximate surface area is 103 Å². The van der Waals surface area contributed by atoms with E-state index >= 15 is 0 Å². The molecular weight excluding hydrogens is 216 g/mol. The van der Waals surface area contributed by atoms with Crippen molar-refractivity contribution in [3.63, 3.8) is 0 Å². The summed E-state index contributed by atoms with van der Waals surface area (Å²) in [6.45, 7) is 1.73. The molecule has 2 aliphatic rings. The summed E-state index contributed by atoms with van der Waals surface area (Å²) in [5.41, 5.74) is 0. The van der Waals surface area contributed by atoms with Gasteiger partial charge in [0.15, 0.2) is 0 Å². The summed E-state index contributed by atoms with van der Waals surface area (Å²) in [6, 6.07) is 0.0114. The molecule has 3 atom stereocenters. The molecule has 2 N–H and O–H groups in total. The van der Waals surface area contributed by atoms with Crippen molar-refractivity contribution in [2.45, 2.75) is 50.7 Å². The van der Waals surface area contributed by atoms with E-state index in [1.54, 1.807) is 0 Å². The second kappa shape index (κ2) is 5.83. The zero-order valence-electron chi connectivity index (χ0n) is 10.7. The summed E-state index contributed by atoms with van der Waals surface area (Å²) >= 11 is 0. The molecule has 2 fully saturated rings. The van der Waals surface area contributed by atoms with Crippen LogP contribution in [0.3, 0.4) is 0 Å². The summed E-state index contributed by atoms with van der Waals surface area (Å²) in [6.07, 6.45) is 5.96. The quantitative estimate of drug-likeness (QED) is 0.765. The zero-order valence-corrected chi connectivity index (χ0v) is 10.7. The Kier molecular flexibility index (Phi) is 4.40. The average molecular weight is 240 g/mol. The number of aliphatic hydroxyl groups is 1. The van der Waals surface area contributed by atoms with Crippen LogP contribution in [0.15, 0.2) is 0 Å². The lowest BCUT2D eigenvalue weighted by Gasteiger charge is -2.36. The van der Waals surface area contributed by atoms with E-state index < -0.39 is 0 Å². The van der Waals surface area contributed by atoms with Gasteiger partial charge < -0.3 is 15.3 Å². The van der Waals surface area contributed by atoms with Crippen LogP contribution in [0.1, 0.15) is 38.5 Å². The molecular formula is C13H24N2O2. The van der Waals surface area contributed by atoms with E-state index in [0.29, 0.717) is 5.92 Å². The predicted octanol–water partition coefficient (Wildman–Crippen LogP) is 0.748. The topological polar surface area (TPSA) is 52.6 Å². The van der Waals surface area contributed by atoms with Gasteiger partial charge in [0.2, 0.25) is 5.91 Å². The molecule has 0 aromatic rings. The highest BCUT2D eigenvalue weighted by molar-refractivity contribution is 5.82. The van der Waals surface area contributed by atoms with Crippen LogP contribution in [0.4, 0.5) is 0 Å². The Morgan fingerprint density at radius 3 is 2.88 bits per heavy atom. The van der Waals surface area contributed by atoms with Crippen LogP contribution < -0.4 is 5.32 Å². The van der Waals surface area contributed by atoms with Crippen molar-refractivity contribution in [1.82, 2.24) is 10.2 Å². The highest BCUT2D eigenvalue weighted by Gasteiger charge is 2.30. The number of amides is 1. The molecule has 1 aliphatic heterocycles. The normalized spacial score (nSPS) is 35.1. The standard InChI is InChI=1S/C13H24N2O2/c1-14-12-6-3-7-15(13(12)17)9-10-4-2-5-11(16)8-10/h10-12,14,16H,2-9H2,1H3. The third-order valence-electron chi connectivity index (χ3n) is 4.11. The Morgan fingerprint density at radius 2 is 2.18 bits per heavy atom. The predicted molar refractivity (Wildman–Crippen MR) is 66.6 cm³/mol. The highest BCUT2D eigenvalue weighted by atomic mass is 16.3. The number of hydrogen-bond acceptors (Lipinski definition) is 3. The Bertz CT molecular complexity index is 270. The van der Waals surface area contributed by atoms with Gasteiger partial charge in [0.25, 0.3) is 0 Å². The van der Waals surface area contributed by atoms with Crippen LogP contribution in [0.5, 0.6) is 0 Å². The molecule has 17 heavy (non-hydrogen) atoms. The van der Waals surface area contributed by atoms with Crippen LogP contribution in [-0.4, -0.2) is 48.2 Å². The molecule has 1 aliphatic carbocycles. The van der Waals surface area contributed by atoms with Gasteiger partial charge in [-0.2, -0.15) is 0 Å². The maximum atomic E-state index is 12.1. The number of piperidine rings is 1. The number of nitrogens with zero attached hydrogens (tertiary/aromatic N) is 1. The maximum absolute atomic E-state index is 12.1. The Morgan fingerprint density at radius 1 is 1.35 bits per heavy atom. The molecule has 0 radical (unpaired) electrons. The summed E-state index contributed by atoms with van der Waals surface area (Å²) in [7, 11) is 1.86. The van der Waals surface area contributed by atoms with Gasteiger partial charge in [0, 0.05) is 13.1 Å². The highest BCUT2D eigenvalue weighted by Crippen LogP contribution is 2.26. The SMILES string of the molecule is CNC1CCCN(CC2CCCC(O)C2)C1=O. The first-order valence-electron chi connectivity index (χ1n) is 6.85. The van der Waals surface area contributed by atoms with Crippen LogP contribution >= 0.6 is 0 Å². The fourth-order valence-electron chi connectivity index (χ4n) is 3.13. The van der Waals surface area contributed by atoms with Crippen LogP contribution in [-0.2, 0) is 4.79 Å². The fourth-order valence-corrected chi connectivity index (χ4v) is 3.13. The number of hydrogen-bond donors (Lipinski definition) is 2. The first-order chi connectivity index (χ1) is 8.20. The molecule has 1 saturated heterocycles. The number of carbonyl (C=O) groups excluding carboxylic acids is 1. The molecule has 3 unspecified atom stereocenters. The van der Waals surface area contributed by atoms with E-state index in [9.17, 15) is 9.90 Å². The van der Waals surface area contributed by atoms with Crippen LogP contribution in [0.2, 0.25) is 0 Å². The first-order valence-corrected chi connectivity index (χ1v) is 6.85. The lowest BCUT2D eigenvalue weighted by molar-refractivity contribution is -0.136. The molecule has 1 amide bonds. The first kappa shape index (κ1) is 12.8. The molecule has 4 nitrogen and oxygen atoms in total. The number of carbonyl (C=O) groups is 1. The second-order valence-electron chi connectivity index (χ2n) is 5.45. The van der Waals surface area contributed by atoms with Gasteiger partial charge >= 0.3 is 0 Å². The third-order valence-corrected chi connectivity index (χ3v) is 4.11. The average Bonchev–Trinajstić information content (AvgIpc) is 2.32. The third kappa shape index (κ3) is 3.19. The molecule has 2 rings (SSSR count). The van der Waals surface area contributed by atoms with Crippen molar-refractivity contribution in [2.24, 2.45) is 5.92 Å². The van der Waals surface area contributed by atoms with Crippen molar-refractivity contribution in [1.29, 1.82) is 0 Å². The van der Waals surface area contributed by atoms with Crippen LogP contribution in [0, 0.1) is 5.92 Å². The van der Waals surface area contributed by atoms with Gasteiger partial charge in [0.05, 0.1) is 12.1 Å². The molecule has 4 heteroatoms. The molecule has 1 saturated carbocycles. The Balaban J connectivity index is 1.87. The maximum Gasteiger partial charge on any atom is 0.239 e. The van der Waals surface area contributed by atoms with E-state index in [4.69, 9.17) is 0 Å². The summed E-state index contributed by atoms with van der Waals surface area (Å²) in [5, 5.41) is 12.7. The Hall–Kier alpha value is -0.610. The number of nitrogens with one attached hydrogen (secondary N) is 1. The number of likely N-dealkylation sites (N-methyl/N-ethyl adjacent to an activating group) is 1. The van der Waals surface area contributed by atoms with E-state index in [0.717, 1.165) is 51.6 Å². The molecule has 98 valence electrons. The van der Waals surface area contributed by atoms with Gasteiger partial charge in [-0.05, 0) is 45.1 Å². The van der Waals surface area contributed by atoms with Gasteiger partial charge in [-0.3, -0.25) is 4.79 Å². The van der Waals surface area contributed by atoms with E-state index in [1.165, 1.54) is 0 Å². The van der Waals surface area contributed by atoms with Gasteiger partial charge in [-0.25, -0.2) is 0 Å². The van der Waals surface area contributed by atoms with Gasteiger partial charge in [0.1, 0.15) is 0 Å². The minimum atomic E-state index is -0.145. The van der Waals surface area contributed by atoms with Crippen LogP contribution in [0.25, 0.3) is 0 Å². The van der Waals surface area contributed by atoms with Crippen molar-refractivity contribution in [3.05, 3.63) is 0 Å². The van der Waals surface area contributed by atoms with E-state index in [-0.39, 0.29) is 18.1 Å². The lowest BCUT2D eigenvalue weighted by atomic mass is 9.86. The minimum absolute atomic E-state index is 0.0114. The lowest BCUT2D eigenvalue weighted by Crippen LogP contribution is -2.51. The number of rotatable bonds is 3. The summed E-state index contributed by atoms with van der Waals surface area (Å²) in [5.74, 6) is 0.747. The smallest absolute Gasteiger partial charge is 0.239 e. The van der Waals surface area contributed by atoms with Gasteiger partial charge in [-0.1, -0.05) is 6.42 Å².